The maximum absolute atomic E-state index is 12.0. The molecular formula is C20H14F6N2O4. The molecule has 170 valence electrons. The van der Waals surface area contributed by atoms with Gasteiger partial charge in [0.15, 0.2) is 0 Å². The molecule has 0 unspecified atom stereocenters. The van der Waals surface area contributed by atoms with E-state index in [9.17, 15) is 35.9 Å². The summed E-state index contributed by atoms with van der Waals surface area (Å²) in [6.45, 7) is 0.536. The van der Waals surface area contributed by atoms with Gasteiger partial charge >= 0.3 is 24.7 Å². The highest BCUT2D eigenvalue weighted by Crippen LogP contribution is 2.19. The first kappa shape index (κ1) is 24.6. The average Bonchev–Trinajstić information content (AvgIpc) is 2.69. The molecule has 0 heterocycles. The van der Waals surface area contributed by atoms with Crippen molar-refractivity contribution in [3.8, 4) is 0 Å². The second-order valence-corrected chi connectivity index (χ2v) is 5.99. The molecule has 0 fully saturated rings. The number of benzene rings is 2. The summed E-state index contributed by atoms with van der Waals surface area (Å²) in [4.78, 5) is 30.7. The topological polar surface area (TPSA) is 77.3 Å². The number of hydrogen-bond acceptors (Lipinski definition) is 6. The van der Waals surface area contributed by atoms with Gasteiger partial charge in [-0.2, -0.15) is 0 Å². The summed E-state index contributed by atoms with van der Waals surface area (Å²) in [6, 6.07) is 10.2. The van der Waals surface area contributed by atoms with Crippen molar-refractivity contribution in [1.82, 2.24) is 0 Å². The third-order valence-corrected chi connectivity index (χ3v) is 3.55. The number of esters is 2. The monoisotopic (exact) mass is 460 g/mol. The van der Waals surface area contributed by atoms with E-state index in [1.807, 2.05) is 0 Å². The van der Waals surface area contributed by atoms with Crippen LogP contribution in [0.3, 0.4) is 0 Å². The number of hydrogen-bond donors (Lipinski definition) is 0. The van der Waals surface area contributed by atoms with Gasteiger partial charge < -0.3 is 9.47 Å². The van der Waals surface area contributed by atoms with Crippen LogP contribution < -0.4 is 0 Å². The van der Waals surface area contributed by atoms with E-state index in [4.69, 9.17) is 0 Å². The van der Waals surface area contributed by atoms with Crippen molar-refractivity contribution in [1.29, 1.82) is 0 Å². The van der Waals surface area contributed by atoms with Crippen LogP contribution in [0.4, 0.5) is 26.3 Å². The Kier molecular flexibility index (Phi) is 8.10. The van der Waals surface area contributed by atoms with Crippen LogP contribution >= 0.6 is 0 Å². The Balaban J connectivity index is 1.79. The maximum Gasteiger partial charge on any atom is 0.575 e. The minimum absolute atomic E-state index is 0.262. The lowest BCUT2D eigenvalue weighted by atomic mass is 10.1. The molecule has 2 rings (SSSR count). The first-order chi connectivity index (χ1) is 14.9. The lowest BCUT2D eigenvalue weighted by Crippen LogP contribution is -2.19. The predicted molar refractivity (Wildman–Crippen MR) is 101 cm³/mol. The normalized spacial score (nSPS) is 12.3. The van der Waals surface area contributed by atoms with Crippen LogP contribution in [0.25, 0.3) is 0 Å². The standard InChI is InChI=1S/C20H14F6N2O4/c21-19(22,23)31-17(29)15-5-1-13(2-6-15)11-27-9-10-28-12-14-3-7-16(8-4-14)18(30)32-20(24,25)26/h1-8,11-12H,9-10H2. The maximum atomic E-state index is 12.0. The number of alkyl halides is 6. The predicted octanol–water partition coefficient (Wildman–Crippen LogP) is 4.58. The zero-order valence-corrected chi connectivity index (χ0v) is 16.0. The zero-order chi connectivity index (χ0) is 23.8. The van der Waals surface area contributed by atoms with Crippen molar-refractivity contribution in [2.24, 2.45) is 9.98 Å². The third kappa shape index (κ3) is 8.98. The van der Waals surface area contributed by atoms with Crippen molar-refractivity contribution in [2.45, 2.75) is 12.7 Å². The molecule has 6 nitrogen and oxygen atoms in total. The van der Waals surface area contributed by atoms with Crippen molar-refractivity contribution >= 4 is 24.4 Å². The van der Waals surface area contributed by atoms with E-state index in [2.05, 4.69) is 19.5 Å². The first-order valence-corrected chi connectivity index (χ1v) is 8.73. The number of ether oxygens (including phenoxy) is 2. The molecule has 0 saturated heterocycles. The summed E-state index contributed by atoms with van der Waals surface area (Å²) in [5.41, 5.74) is 0.557. The van der Waals surface area contributed by atoms with Crippen LogP contribution in [-0.4, -0.2) is 50.2 Å². The summed E-state index contributed by atoms with van der Waals surface area (Å²) in [5.74, 6) is -3.03. The molecule has 0 aliphatic rings. The Morgan fingerprint density at radius 2 is 0.969 bits per heavy atom. The van der Waals surface area contributed by atoms with E-state index in [1.165, 1.54) is 61.0 Å². The molecule has 2 aromatic carbocycles. The number of nitrogens with zero attached hydrogens (tertiary/aromatic N) is 2. The molecule has 0 aromatic heterocycles. The molecule has 0 bridgehead atoms. The highest BCUT2D eigenvalue weighted by molar-refractivity contribution is 5.91. The van der Waals surface area contributed by atoms with E-state index < -0.39 is 24.7 Å². The lowest BCUT2D eigenvalue weighted by molar-refractivity contribution is -0.293. The van der Waals surface area contributed by atoms with Gasteiger partial charge in [0.05, 0.1) is 24.2 Å². The van der Waals surface area contributed by atoms with Gasteiger partial charge in [-0.1, -0.05) is 24.3 Å². The van der Waals surface area contributed by atoms with Crippen LogP contribution in [0.2, 0.25) is 0 Å². The van der Waals surface area contributed by atoms with Gasteiger partial charge in [0, 0.05) is 12.4 Å². The summed E-state index contributed by atoms with van der Waals surface area (Å²) in [7, 11) is 0. The fourth-order valence-electron chi connectivity index (χ4n) is 2.19. The molecule has 0 aliphatic carbocycles. The van der Waals surface area contributed by atoms with Crippen LogP contribution in [0.5, 0.6) is 0 Å². The molecule has 0 N–H and O–H groups in total. The van der Waals surface area contributed by atoms with Crippen LogP contribution in [-0.2, 0) is 9.47 Å². The Bertz CT molecular complexity index is 900. The Morgan fingerprint density at radius 1 is 0.656 bits per heavy atom. The number of aliphatic imine (C=N–C) groups is 2. The quantitative estimate of drug-likeness (QED) is 0.262. The second kappa shape index (κ2) is 10.6. The molecular weight excluding hydrogens is 446 g/mol. The van der Waals surface area contributed by atoms with Gasteiger partial charge in [-0.3, -0.25) is 9.98 Å². The van der Waals surface area contributed by atoms with Crippen LogP contribution in [0.1, 0.15) is 31.8 Å². The van der Waals surface area contributed by atoms with E-state index in [-0.39, 0.29) is 24.2 Å². The average molecular weight is 460 g/mol. The summed E-state index contributed by atoms with van der Waals surface area (Å²) < 4.78 is 78.7. The number of halogens is 6. The number of carbonyl (C=O) groups is 2. The zero-order valence-electron chi connectivity index (χ0n) is 16.0. The second-order valence-electron chi connectivity index (χ2n) is 5.99. The van der Waals surface area contributed by atoms with Gasteiger partial charge in [0.25, 0.3) is 0 Å². The minimum atomic E-state index is -5.06. The van der Waals surface area contributed by atoms with Gasteiger partial charge in [-0.05, 0) is 35.4 Å². The Hall–Kier alpha value is -3.70. The van der Waals surface area contributed by atoms with Crippen LogP contribution in [0.15, 0.2) is 58.5 Å². The molecule has 32 heavy (non-hydrogen) atoms. The summed E-state index contributed by atoms with van der Waals surface area (Å²) in [6.07, 6.45) is -7.23. The molecule has 0 amide bonds. The molecule has 0 aliphatic heterocycles. The van der Waals surface area contributed by atoms with Gasteiger partial charge in [-0.15, -0.1) is 26.3 Å². The summed E-state index contributed by atoms with van der Waals surface area (Å²) in [5, 5.41) is 0. The molecule has 12 heteroatoms. The van der Waals surface area contributed by atoms with E-state index in [0.717, 1.165) is 0 Å². The third-order valence-electron chi connectivity index (χ3n) is 3.55. The SMILES string of the molecule is O=C(OC(F)(F)F)c1ccc(C=NCCN=Cc2ccc(C(=O)OC(F)(F)F)cc2)cc1. The van der Waals surface area contributed by atoms with E-state index >= 15 is 0 Å². The number of carbonyl (C=O) groups excluding carboxylic acids is 2. The fraction of sp³-hybridized carbons (Fsp3) is 0.200. The van der Waals surface area contributed by atoms with Gasteiger partial charge in [-0.25, -0.2) is 9.59 Å². The summed E-state index contributed by atoms with van der Waals surface area (Å²) >= 11 is 0. The van der Waals surface area contributed by atoms with Crippen LogP contribution in [0, 0.1) is 0 Å². The lowest BCUT2D eigenvalue weighted by Gasteiger charge is -2.07. The van der Waals surface area contributed by atoms with Gasteiger partial charge in [0.1, 0.15) is 0 Å². The number of rotatable bonds is 7. The minimum Gasteiger partial charge on any atom is -0.369 e. The smallest absolute Gasteiger partial charge is 0.369 e. The Labute approximate surface area is 177 Å². The van der Waals surface area contributed by atoms with Crippen molar-refractivity contribution in [2.75, 3.05) is 13.1 Å². The van der Waals surface area contributed by atoms with E-state index in [0.29, 0.717) is 11.1 Å². The molecule has 0 saturated carbocycles. The van der Waals surface area contributed by atoms with Crippen molar-refractivity contribution < 1.29 is 45.4 Å². The fourth-order valence-corrected chi connectivity index (χ4v) is 2.19. The highest BCUT2D eigenvalue weighted by Gasteiger charge is 2.35. The first-order valence-electron chi connectivity index (χ1n) is 8.73. The highest BCUT2D eigenvalue weighted by atomic mass is 19.4. The molecule has 0 spiro atoms. The molecule has 0 atom stereocenters. The molecule has 0 radical (unpaired) electrons. The van der Waals surface area contributed by atoms with Gasteiger partial charge in [0.2, 0.25) is 0 Å². The largest absolute Gasteiger partial charge is 0.575 e. The van der Waals surface area contributed by atoms with Crippen molar-refractivity contribution in [3.05, 3.63) is 70.8 Å². The molecule has 2 aromatic rings. The Morgan fingerprint density at radius 3 is 1.25 bits per heavy atom. The van der Waals surface area contributed by atoms with Crippen molar-refractivity contribution in [3.63, 3.8) is 0 Å². The van der Waals surface area contributed by atoms with E-state index in [1.54, 1.807) is 0 Å².